The molecule has 1 saturated heterocycles. The van der Waals surface area contributed by atoms with Gasteiger partial charge in [-0.15, -0.1) is 23.7 Å². The Bertz CT molecular complexity index is 852. The Labute approximate surface area is 187 Å². The molecule has 3 rings (SSSR count). The van der Waals surface area contributed by atoms with Gasteiger partial charge >= 0.3 is 0 Å². The van der Waals surface area contributed by atoms with Crippen molar-refractivity contribution >= 4 is 35.6 Å². The second-order valence-electron chi connectivity index (χ2n) is 8.49. The molecule has 0 aliphatic carbocycles. The average molecular weight is 453 g/mol. The summed E-state index contributed by atoms with van der Waals surface area (Å²) in [6.45, 7) is 6.12. The molecule has 2 heterocycles. The average Bonchev–Trinajstić information content (AvgIpc) is 3.34. The van der Waals surface area contributed by atoms with Gasteiger partial charge in [0.25, 0.3) is 0 Å². The lowest BCUT2D eigenvalue weighted by Gasteiger charge is -2.32. The minimum absolute atomic E-state index is 0. The largest absolute Gasteiger partial charge is 0.391 e. The van der Waals surface area contributed by atoms with Crippen molar-refractivity contribution in [3.05, 3.63) is 41.4 Å². The minimum Gasteiger partial charge on any atom is -0.391 e. The van der Waals surface area contributed by atoms with Crippen LogP contribution in [0.1, 0.15) is 32.8 Å². The zero-order valence-corrected chi connectivity index (χ0v) is 19.0. The summed E-state index contributed by atoms with van der Waals surface area (Å²) in [6, 6.07) is 6.38. The number of thiazole rings is 1. The Morgan fingerprint density at radius 3 is 2.57 bits per heavy atom. The lowest BCUT2D eigenvalue weighted by molar-refractivity contribution is -0.141. The molecule has 3 atom stereocenters. The number of likely N-dealkylation sites (tertiary alicyclic amines) is 1. The van der Waals surface area contributed by atoms with Crippen LogP contribution in [0.2, 0.25) is 0 Å². The highest BCUT2D eigenvalue weighted by Gasteiger charge is 2.42. The molecule has 164 valence electrons. The molecule has 2 amide bonds. The van der Waals surface area contributed by atoms with Crippen molar-refractivity contribution in [3.63, 3.8) is 0 Å². The van der Waals surface area contributed by atoms with Gasteiger partial charge in [0.1, 0.15) is 11.0 Å². The molecule has 1 aliphatic rings. The molecule has 0 spiro atoms. The van der Waals surface area contributed by atoms with E-state index in [2.05, 4.69) is 10.3 Å². The van der Waals surface area contributed by atoms with E-state index in [9.17, 15) is 14.7 Å². The highest BCUT2D eigenvalue weighted by Crippen LogP contribution is 2.25. The molecule has 0 saturated carbocycles. The zero-order valence-electron chi connectivity index (χ0n) is 17.4. The summed E-state index contributed by atoms with van der Waals surface area (Å²) in [6.07, 6.45) is 1.26. The number of hydrogen-bond donors (Lipinski definition) is 3. The molecule has 0 unspecified atom stereocenters. The maximum atomic E-state index is 12.8. The fraction of sp³-hybridized carbons (Fsp3) is 0.476. The summed E-state index contributed by atoms with van der Waals surface area (Å²) in [5.74, 6) is -0.581. The van der Waals surface area contributed by atoms with Gasteiger partial charge in [0.15, 0.2) is 0 Å². The summed E-state index contributed by atoms with van der Waals surface area (Å²) in [4.78, 5) is 31.2. The van der Waals surface area contributed by atoms with Crippen LogP contribution in [-0.2, 0) is 16.1 Å². The Hall–Kier alpha value is -2.00. The van der Waals surface area contributed by atoms with Gasteiger partial charge < -0.3 is 21.1 Å². The number of benzene rings is 1. The normalized spacial score (nSPS) is 19.8. The topological polar surface area (TPSA) is 109 Å². The molecular formula is C21H29ClN4O3S. The van der Waals surface area contributed by atoms with Crippen LogP contribution in [-0.4, -0.2) is 51.5 Å². The molecule has 2 aromatic rings. The van der Waals surface area contributed by atoms with Crippen molar-refractivity contribution in [2.45, 2.75) is 51.9 Å². The molecule has 1 fully saturated rings. The number of β-amino-alcohol motifs (C(OH)–C–C–N with tert-alkyl or cyclic N) is 1. The Morgan fingerprint density at radius 1 is 1.33 bits per heavy atom. The number of nitrogens with two attached hydrogens (primary N) is 1. The second kappa shape index (κ2) is 9.87. The predicted molar refractivity (Wildman–Crippen MR) is 120 cm³/mol. The summed E-state index contributed by atoms with van der Waals surface area (Å²) in [5.41, 5.74) is 7.64. The van der Waals surface area contributed by atoms with E-state index >= 15 is 0 Å². The standard InChI is InChI=1S/C21H28N4O3S.ClH/c1-21(2,3)17(22)20(28)25-12-15(26)10-16(25)18(27)24-11-13-4-6-14(7-5-13)19-23-8-9-29-19;/h4-9,15-17,26H,10-12,22H2,1-3H3,(H,24,27);1H/t15-,16+,17-;/m1./s1. The van der Waals surface area contributed by atoms with Crippen LogP contribution in [0.15, 0.2) is 35.8 Å². The minimum atomic E-state index is -0.735. The number of carbonyl (C=O) groups is 2. The van der Waals surface area contributed by atoms with Gasteiger partial charge in [-0.2, -0.15) is 0 Å². The van der Waals surface area contributed by atoms with E-state index in [4.69, 9.17) is 5.73 Å². The first-order valence-electron chi connectivity index (χ1n) is 9.67. The number of amides is 2. The number of nitrogens with zero attached hydrogens (tertiary/aromatic N) is 2. The number of rotatable bonds is 5. The van der Waals surface area contributed by atoms with Crippen LogP contribution in [0.3, 0.4) is 0 Å². The Kier molecular flexibility index (Phi) is 7.99. The van der Waals surface area contributed by atoms with Gasteiger partial charge in [-0.25, -0.2) is 4.98 Å². The SMILES string of the molecule is CC(C)(C)[C@H](N)C(=O)N1C[C@H](O)C[C@H]1C(=O)NCc1ccc(-c2nccs2)cc1.Cl. The van der Waals surface area contributed by atoms with Crippen LogP contribution in [0.5, 0.6) is 0 Å². The van der Waals surface area contributed by atoms with Crippen molar-refractivity contribution in [3.8, 4) is 10.6 Å². The molecule has 1 aromatic carbocycles. The first-order valence-corrected chi connectivity index (χ1v) is 10.6. The number of carbonyl (C=O) groups excluding carboxylic acids is 2. The Balaban J connectivity index is 0.00000320. The lowest BCUT2D eigenvalue weighted by Crippen LogP contribution is -2.54. The van der Waals surface area contributed by atoms with Crippen molar-refractivity contribution in [2.75, 3.05) is 6.54 Å². The highest BCUT2D eigenvalue weighted by molar-refractivity contribution is 7.13. The van der Waals surface area contributed by atoms with Crippen LogP contribution in [0.25, 0.3) is 10.6 Å². The van der Waals surface area contributed by atoms with Crippen molar-refractivity contribution in [1.82, 2.24) is 15.2 Å². The van der Waals surface area contributed by atoms with E-state index in [-0.39, 0.29) is 37.2 Å². The van der Waals surface area contributed by atoms with E-state index in [1.54, 1.807) is 17.5 Å². The number of aliphatic hydroxyl groups excluding tert-OH is 1. The zero-order chi connectivity index (χ0) is 21.2. The van der Waals surface area contributed by atoms with E-state index < -0.39 is 23.6 Å². The first kappa shape index (κ1) is 24.3. The third-order valence-corrected chi connectivity index (χ3v) is 5.99. The Morgan fingerprint density at radius 2 is 2.00 bits per heavy atom. The maximum Gasteiger partial charge on any atom is 0.243 e. The molecule has 9 heteroatoms. The fourth-order valence-corrected chi connectivity index (χ4v) is 3.94. The summed E-state index contributed by atoms with van der Waals surface area (Å²) >= 11 is 1.57. The third kappa shape index (κ3) is 5.57. The number of aliphatic hydroxyl groups is 1. The van der Waals surface area contributed by atoms with Crippen LogP contribution >= 0.6 is 23.7 Å². The highest BCUT2D eigenvalue weighted by atomic mass is 35.5. The van der Waals surface area contributed by atoms with Gasteiger partial charge in [-0.1, -0.05) is 45.0 Å². The van der Waals surface area contributed by atoms with Gasteiger partial charge in [0.05, 0.1) is 12.1 Å². The third-order valence-electron chi connectivity index (χ3n) is 5.16. The second-order valence-corrected chi connectivity index (χ2v) is 9.39. The van der Waals surface area contributed by atoms with Gasteiger partial charge in [0, 0.05) is 36.7 Å². The number of halogens is 1. The van der Waals surface area contributed by atoms with E-state index in [0.29, 0.717) is 6.54 Å². The number of hydrogen-bond acceptors (Lipinski definition) is 6. The maximum absolute atomic E-state index is 12.8. The first-order chi connectivity index (χ1) is 13.7. The summed E-state index contributed by atoms with van der Waals surface area (Å²) in [5, 5.41) is 15.8. The lowest BCUT2D eigenvalue weighted by atomic mass is 9.86. The van der Waals surface area contributed by atoms with Crippen LogP contribution < -0.4 is 11.1 Å². The summed E-state index contributed by atoms with van der Waals surface area (Å²) < 4.78 is 0. The van der Waals surface area contributed by atoms with Crippen molar-refractivity contribution in [2.24, 2.45) is 11.1 Å². The molecule has 1 aliphatic heterocycles. The smallest absolute Gasteiger partial charge is 0.243 e. The van der Waals surface area contributed by atoms with Gasteiger partial charge in [-0.3, -0.25) is 9.59 Å². The molecule has 4 N–H and O–H groups in total. The van der Waals surface area contributed by atoms with E-state index in [1.165, 1.54) is 4.90 Å². The molecule has 0 radical (unpaired) electrons. The monoisotopic (exact) mass is 452 g/mol. The van der Waals surface area contributed by atoms with Gasteiger partial charge in [0.2, 0.25) is 11.8 Å². The predicted octanol–water partition coefficient (Wildman–Crippen LogP) is 2.18. The van der Waals surface area contributed by atoms with Crippen molar-refractivity contribution in [1.29, 1.82) is 0 Å². The molecule has 0 bridgehead atoms. The van der Waals surface area contributed by atoms with E-state index in [1.807, 2.05) is 50.4 Å². The molecular weight excluding hydrogens is 424 g/mol. The van der Waals surface area contributed by atoms with E-state index in [0.717, 1.165) is 16.1 Å². The number of aromatic nitrogens is 1. The molecule has 7 nitrogen and oxygen atoms in total. The summed E-state index contributed by atoms with van der Waals surface area (Å²) in [7, 11) is 0. The quantitative estimate of drug-likeness (QED) is 0.644. The fourth-order valence-electron chi connectivity index (χ4n) is 3.29. The number of nitrogens with one attached hydrogen (secondary N) is 1. The molecule has 1 aromatic heterocycles. The molecule has 30 heavy (non-hydrogen) atoms. The van der Waals surface area contributed by atoms with Crippen LogP contribution in [0.4, 0.5) is 0 Å². The van der Waals surface area contributed by atoms with Crippen LogP contribution in [0, 0.1) is 5.41 Å². The van der Waals surface area contributed by atoms with Gasteiger partial charge in [-0.05, 0) is 11.0 Å². The van der Waals surface area contributed by atoms with Crippen molar-refractivity contribution < 1.29 is 14.7 Å².